The van der Waals surface area contributed by atoms with Crippen molar-refractivity contribution < 1.29 is 52.5 Å². The topological polar surface area (TPSA) is 145 Å². The molecule has 0 aromatic heterocycles. The molecule has 0 radical (unpaired) electrons. The molecule has 0 unspecified atom stereocenters. The Morgan fingerprint density at radius 1 is 0.667 bits per heavy atom. The normalized spacial score (nSPS) is 14.3. The average molecular weight is 527 g/mol. The molecule has 1 aliphatic heterocycles. The van der Waals surface area contributed by atoms with Crippen LogP contribution in [0.1, 0.15) is 0 Å². The molecular weight excluding hydrogens is 484 g/mol. The van der Waals surface area contributed by atoms with Crippen molar-refractivity contribution in [2.75, 3.05) is 133 Å². The van der Waals surface area contributed by atoms with Gasteiger partial charge in [-0.3, -0.25) is 0 Å². The Hall–Kier alpha value is -2.01. The van der Waals surface area contributed by atoms with Gasteiger partial charge in [-0.1, -0.05) is 0 Å². The molecule has 36 heavy (non-hydrogen) atoms. The maximum atomic E-state index is 12.0. The lowest BCUT2D eigenvalue weighted by Gasteiger charge is -2.30. The van der Waals surface area contributed by atoms with Gasteiger partial charge in [0.2, 0.25) is 5.28 Å². The number of methoxy groups -OCH3 is 1. The smallest absolute Gasteiger partial charge is 0.409 e. The Labute approximate surface area is 212 Å². The first-order valence-corrected chi connectivity index (χ1v) is 12.0. The Balaban J connectivity index is 1.78. The van der Waals surface area contributed by atoms with Gasteiger partial charge in [-0.25, -0.2) is 4.79 Å². The second kappa shape index (κ2) is 23.4. The molecule has 1 saturated heterocycles. The van der Waals surface area contributed by atoms with Gasteiger partial charge in [0.05, 0.1) is 104 Å². The van der Waals surface area contributed by atoms with Crippen molar-refractivity contribution in [2.45, 2.75) is 0 Å². The summed E-state index contributed by atoms with van der Waals surface area (Å²) < 4.78 is 42.3. The summed E-state index contributed by atoms with van der Waals surface area (Å²) in [6.07, 6.45) is -0.437. The second-order valence-corrected chi connectivity index (χ2v) is 7.24. The Morgan fingerprint density at radius 3 is 1.44 bits per heavy atom. The third-order valence-electron chi connectivity index (χ3n) is 4.65. The number of carbonyl (C=O) groups is 1. The summed E-state index contributed by atoms with van der Waals surface area (Å²) in [5.41, 5.74) is 0. The molecule has 0 aliphatic carbocycles. The lowest BCUT2D eigenvalue weighted by molar-refractivity contribution is -0.711. The van der Waals surface area contributed by atoms with Crippen LogP contribution < -0.4 is 0 Å². The van der Waals surface area contributed by atoms with Crippen LogP contribution in [0.5, 0.6) is 0 Å². The molecule has 0 saturated carbocycles. The molecule has 0 atom stereocenters. The Bertz CT molecular complexity index is 552. The monoisotopic (exact) mass is 526 g/mol. The zero-order valence-corrected chi connectivity index (χ0v) is 21.5. The van der Waals surface area contributed by atoms with Crippen LogP contribution in [0.15, 0.2) is 5.28 Å². The third-order valence-corrected chi connectivity index (χ3v) is 4.65. The fraction of sp³-hybridized carbons (Fsp3) is 0.952. The predicted octanol–water partition coefficient (Wildman–Crippen LogP) is -0.0745. The van der Waals surface area contributed by atoms with Gasteiger partial charge in [0, 0.05) is 20.2 Å². The largest absolute Gasteiger partial charge is 0.569 e. The minimum absolute atomic E-state index is 0.141. The first-order valence-electron chi connectivity index (χ1n) is 12.0. The first kappa shape index (κ1) is 32.0. The van der Waals surface area contributed by atoms with E-state index in [0.717, 1.165) is 0 Å². The van der Waals surface area contributed by atoms with Gasteiger partial charge in [-0.15, -0.1) is 5.01 Å². The molecule has 1 amide bonds. The van der Waals surface area contributed by atoms with Crippen molar-refractivity contribution in [2.24, 2.45) is 5.28 Å². The number of carbonyl (C=O) groups excluding carboxylic acids is 1. The number of hydrazine groups is 1. The van der Waals surface area contributed by atoms with Gasteiger partial charge in [0.1, 0.15) is 13.7 Å². The maximum Gasteiger partial charge on any atom is 0.409 e. The number of hydrogen-bond donors (Lipinski definition) is 0. The summed E-state index contributed by atoms with van der Waals surface area (Å²) in [5, 5.41) is 16.2. The fourth-order valence-electron chi connectivity index (χ4n) is 2.79. The van der Waals surface area contributed by atoms with Crippen LogP contribution in [0.4, 0.5) is 4.79 Å². The van der Waals surface area contributed by atoms with Crippen molar-refractivity contribution in [3.05, 3.63) is 5.21 Å². The van der Waals surface area contributed by atoms with Crippen LogP contribution in [0.3, 0.4) is 0 Å². The van der Waals surface area contributed by atoms with Gasteiger partial charge >= 0.3 is 6.09 Å². The van der Waals surface area contributed by atoms with E-state index in [0.29, 0.717) is 110 Å². The third kappa shape index (κ3) is 17.4. The molecule has 0 bridgehead atoms. The van der Waals surface area contributed by atoms with E-state index in [1.165, 1.54) is 17.0 Å². The van der Waals surface area contributed by atoms with Crippen molar-refractivity contribution in [1.29, 1.82) is 0 Å². The van der Waals surface area contributed by atoms with Crippen LogP contribution in [0, 0.1) is 5.21 Å². The average Bonchev–Trinajstić information content (AvgIpc) is 2.89. The van der Waals surface area contributed by atoms with Crippen LogP contribution in [-0.2, 0) is 42.7 Å². The molecule has 0 aromatic carbocycles. The van der Waals surface area contributed by atoms with E-state index < -0.39 is 6.09 Å². The molecule has 1 rings (SSSR count). The van der Waals surface area contributed by atoms with Gasteiger partial charge < -0.3 is 52.8 Å². The molecular formula is C21H42N4O11. The van der Waals surface area contributed by atoms with Crippen molar-refractivity contribution in [3.63, 3.8) is 0 Å². The van der Waals surface area contributed by atoms with E-state index in [-0.39, 0.29) is 13.2 Å². The van der Waals surface area contributed by atoms with E-state index in [2.05, 4.69) is 10.1 Å². The molecule has 1 fully saturated rings. The zero-order valence-electron chi connectivity index (χ0n) is 21.5. The molecule has 212 valence electrons. The summed E-state index contributed by atoms with van der Waals surface area (Å²) in [6, 6.07) is 0. The molecule has 1 aliphatic rings. The van der Waals surface area contributed by atoms with Crippen molar-refractivity contribution in [3.8, 4) is 0 Å². The number of piperazine rings is 1. The molecule has 1 heterocycles. The van der Waals surface area contributed by atoms with E-state index >= 15 is 0 Å². The number of amides is 1. The van der Waals surface area contributed by atoms with E-state index in [9.17, 15) is 10.0 Å². The molecule has 0 aromatic rings. The summed E-state index contributed by atoms with van der Waals surface area (Å²) >= 11 is 0. The molecule has 0 N–H and O–H groups in total. The van der Waals surface area contributed by atoms with Gasteiger partial charge in [0.15, 0.2) is 0 Å². The Morgan fingerprint density at radius 2 is 1.06 bits per heavy atom. The summed E-state index contributed by atoms with van der Waals surface area (Å²) in [6.45, 7) is 7.77. The van der Waals surface area contributed by atoms with Gasteiger partial charge in [0.25, 0.3) is 0 Å². The van der Waals surface area contributed by atoms with E-state index in [1.807, 2.05) is 0 Å². The van der Waals surface area contributed by atoms with Crippen molar-refractivity contribution >= 4 is 6.09 Å². The number of ether oxygens (including phenoxy) is 8. The minimum atomic E-state index is -0.437. The van der Waals surface area contributed by atoms with E-state index in [4.69, 9.17) is 37.9 Å². The highest BCUT2D eigenvalue weighted by Gasteiger charge is 2.26. The first-order chi connectivity index (χ1) is 17.7. The highest BCUT2D eigenvalue weighted by atomic mass is 16.7. The van der Waals surface area contributed by atoms with E-state index in [1.54, 1.807) is 7.11 Å². The lowest BCUT2D eigenvalue weighted by Crippen LogP contribution is -2.50. The summed E-state index contributed by atoms with van der Waals surface area (Å²) in [7, 11) is 2.93. The highest BCUT2D eigenvalue weighted by Crippen LogP contribution is 2.04. The number of rotatable bonds is 23. The maximum absolute atomic E-state index is 12.0. The van der Waals surface area contributed by atoms with Crippen LogP contribution in [0.25, 0.3) is 0 Å². The number of nitrogens with zero attached hydrogens (tertiary/aromatic N) is 4. The molecule has 15 heteroatoms. The Kier molecular flexibility index (Phi) is 20.8. The van der Waals surface area contributed by atoms with Crippen LogP contribution in [0.2, 0.25) is 0 Å². The predicted molar refractivity (Wildman–Crippen MR) is 124 cm³/mol. The summed E-state index contributed by atoms with van der Waals surface area (Å²) in [5.74, 6) is 0. The van der Waals surface area contributed by atoms with Gasteiger partial charge in [-0.2, -0.15) is 0 Å². The standard InChI is InChI=1S/C21H42N4O11/c1-28-7-8-30-9-10-31-11-12-32-13-14-33-15-16-34-17-18-35-19-20-36-21(26)23-3-5-24(6-4-23)25(27)22-29-2/h3-20H2,1-2H3/b25-22-. The fourth-order valence-corrected chi connectivity index (χ4v) is 2.79. The second-order valence-electron chi connectivity index (χ2n) is 7.24. The quantitative estimate of drug-likeness (QED) is 0.0760. The zero-order chi connectivity index (χ0) is 26.1. The molecule has 15 nitrogen and oxygen atoms in total. The van der Waals surface area contributed by atoms with Crippen molar-refractivity contribution in [1.82, 2.24) is 9.91 Å². The molecule has 0 spiro atoms. The van der Waals surface area contributed by atoms with Crippen LogP contribution >= 0.6 is 0 Å². The minimum Gasteiger partial charge on any atom is -0.569 e. The lowest BCUT2D eigenvalue weighted by atomic mass is 10.4. The van der Waals surface area contributed by atoms with Gasteiger partial charge in [-0.05, 0) is 0 Å². The number of hydrogen-bond acceptors (Lipinski definition) is 12. The highest BCUT2D eigenvalue weighted by molar-refractivity contribution is 5.67. The van der Waals surface area contributed by atoms with Crippen LogP contribution in [-0.4, -0.2) is 154 Å². The summed E-state index contributed by atoms with van der Waals surface area (Å²) in [4.78, 5) is 18.4. The SMILES string of the molecule is COCCOCCOCCOCCOCCOCCOCCOC(=O)N1CCN(/[N+]([O-])=N/OC)CC1.